The highest BCUT2D eigenvalue weighted by Gasteiger charge is 2.21. The Morgan fingerprint density at radius 3 is 2.70 bits per heavy atom. The van der Waals surface area contributed by atoms with Gasteiger partial charge in [-0.15, -0.1) is 0 Å². The van der Waals surface area contributed by atoms with E-state index in [1.807, 2.05) is 45.0 Å². The van der Waals surface area contributed by atoms with Crippen molar-refractivity contribution in [3.05, 3.63) is 29.8 Å². The molecule has 4 nitrogen and oxygen atoms in total. The molecular weight excluding hydrogens is 252 g/mol. The van der Waals surface area contributed by atoms with Gasteiger partial charge in [-0.25, -0.2) is 0 Å². The summed E-state index contributed by atoms with van der Waals surface area (Å²) in [5.41, 5.74) is 0.932. The molecule has 2 N–H and O–H groups in total. The minimum atomic E-state index is -0.230. The highest BCUT2D eigenvalue weighted by Crippen LogP contribution is 2.12. The predicted octanol–water partition coefficient (Wildman–Crippen LogP) is 2.48. The number of ether oxygens (including phenoxy) is 1. The van der Waals surface area contributed by atoms with E-state index < -0.39 is 0 Å². The molecule has 0 saturated heterocycles. The van der Waals surface area contributed by atoms with Crippen LogP contribution in [-0.2, 0) is 11.3 Å². The molecule has 0 radical (unpaired) electrons. The Labute approximate surface area is 121 Å². The lowest BCUT2D eigenvalue weighted by Crippen LogP contribution is -2.50. The van der Waals surface area contributed by atoms with Gasteiger partial charge in [0, 0.05) is 12.1 Å². The number of rotatable bonds is 7. The summed E-state index contributed by atoms with van der Waals surface area (Å²) in [7, 11) is 1.65. The number of carbonyl (C=O) groups is 1. The average Bonchev–Trinajstić information content (AvgIpc) is 2.44. The van der Waals surface area contributed by atoms with Crippen molar-refractivity contribution in [3.8, 4) is 5.75 Å². The number of hydrogen-bond acceptors (Lipinski definition) is 3. The van der Waals surface area contributed by atoms with Gasteiger partial charge in [-0.3, -0.25) is 4.79 Å². The summed E-state index contributed by atoms with van der Waals surface area (Å²) in [4.78, 5) is 12.1. The van der Waals surface area contributed by atoms with Gasteiger partial charge in [0.05, 0.1) is 13.2 Å². The Morgan fingerprint density at radius 2 is 2.10 bits per heavy atom. The zero-order chi connectivity index (χ0) is 15.2. The van der Waals surface area contributed by atoms with Crippen LogP contribution in [0.15, 0.2) is 24.3 Å². The first-order valence-electron chi connectivity index (χ1n) is 7.06. The number of benzene rings is 1. The molecule has 0 bridgehead atoms. The second-order valence-electron chi connectivity index (χ2n) is 5.68. The number of nitrogens with one attached hydrogen (secondary N) is 2. The molecule has 0 saturated carbocycles. The molecule has 0 aliphatic carbocycles. The van der Waals surface area contributed by atoms with Crippen molar-refractivity contribution in [3.63, 3.8) is 0 Å². The van der Waals surface area contributed by atoms with Crippen LogP contribution in [0, 0.1) is 0 Å². The van der Waals surface area contributed by atoms with Crippen LogP contribution in [0.2, 0.25) is 0 Å². The Balaban J connectivity index is 2.50. The molecule has 112 valence electrons. The SMILES string of the molecule is CCC(C)(C)NC(=O)C(C)NCc1cccc(OC)c1. The van der Waals surface area contributed by atoms with E-state index in [1.54, 1.807) is 7.11 Å². The molecular formula is C16H26N2O2. The second kappa shape index (κ2) is 7.29. The van der Waals surface area contributed by atoms with Gasteiger partial charge < -0.3 is 15.4 Å². The maximum atomic E-state index is 12.1. The molecule has 1 aromatic rings. The largest absolute Gasteiger partial charge is 0.497 e. The van der Waals surface area contributed by atoms with Gasteiger partial charge in [0.15, 0.2) is 0 Å². The van der Waals surface area contributed by atoms with Crippen molar-refractivity contribution in [1.82, 2.24) is 10.6 Å². The van der Waals surface area contributed by atoms with Gasteiger partial charge in [0.1, 0.15) is 5.75 Å². The summed E-state index contributed by atoms with van der Waals surface area (Å²) in [5.74, 6) is 0.855. The molecule has 1 atom stereocenters. The Morgan fingerprint density at radius 1 is 1.40 bits per heavy atom. The second-order valence-corrected chi connectivity index (χ2v) is 5.68. The maximum absolute atomic E-state index is 12.1. The van der Waals surface area contributed by atoms with E-state index in [1.165, 1.54) is 0 Å². The fourth-order valence-electron chi connectivity index (χ4n) is 1.68. The fourth-order valence-corrected chi connectivity index (χ4v) is 1.68. The summed E-state index contributed by atoms with van der Waals surface area (Å²) in [6, 6.07) is 7.60. The minimum Gasteiger partial charge on any atom is -0.497 e. The Hall–Kier alpha value is -1.55. The van der Waals surface area contributed by atoms with Crippen molar-refractivity contribution < 1.29 is 9.53 Å². The van der Waals surface area contributed by atoms with Crippen LogP contribution >= 0.6 is 0 Å². The van der Waals surface area contributed by atoms with Gasteiger partial charge in [0.2, 0.25) is 5.91 Å². The molecule has 1 rings (SSSR count). The van der Waals surface area contributed by atoms with E-state index in [0.29, 0.717) is 6.54 Å². The van der Waals surface area contributed by atoms with Crippen LogP contribution < -0.4 is 15.4 Å². The molecule has 20 heavy (non-hydrogen) atoms. The highest BCUT2D eigenvalue weighted by atomic mass is 16.5. The first-order valence-corrected chi connectivity index (χ1v) is 7.06. The van der Waals surface area contributed by atoms with Crippen LogP contribution in [0.3, 0.4) is 0 Å². The molecule has 0 aromatic heterocycles. The first kappa shape index (κ1) is 16.5. The van der Waals surface area contributed by atoms with Crippen molar-refractivity contribution in [2.45, 2.75) is 52.2 Å². The Bertz CT molecular complexity index is 444. The lowest BCUT2D eigenvalue weighted by atomic mass is 10.0. The number of methoxy groups -OCH3 is 1. The molecule has 0 fully saturated rings. The lowest BCUT2D eigenvalue weighted by Gasteiger charge is -2.26. The topological polar surface area (TPSA) is 50.4 Å². The van der Waals surface area contributed by atoms with Gasteiger partial charge >= 0.3 is 0 Å². The van der Waals surface area contributed by atoms with E-state index in [4.69, 9.17) is 4.74 Å². The standard InChI is InChI=1S/C16H26N2O2/c1-6-16(3,4)18-15(19)12(2)17-11-13-8-7-9-14(10-13)20-5/h7-10,12,17H,6,11H2,1-5H3,(H,18,19). The van der Waals surface area contributed by atoms with Crippen molar-refractivity contribution >= 4 is 5.91 Å². The normalized spacial score (nSPS) is 12.8. The van der Waals surface area contributed by atoms with Crippen molar-refractivity contribution in [2.24, 2.45) is 0 Å². The number of amides is 1. The summed E-state index contributed by atoms with van der Waals surface area (Å²) in [6.07, 6.45) is 0.904. The van der Waals surface area contributed by atoms with Crippen LogP contribution in [0.1, 0.15) is 39.7 Å². The monoisotopic (exact) mass is 278 g/mol. The van der Waals surface area contributed by atoms with E-state index >= 15 is 0 Å². The summed E-state index contributed by atoms with van der Waals surface area (Å²) in [6.45, 7) is 8.63. The quantitative estimate of drug-likeness (QED) is 0.805. The first-order chi connectivity index (χ1) is 9.38. The maximum Gasteiger partial charge on any atom is 0.237 e. The third-order valence-electron chi connectivity index (χ3n) is 3.49. The number of carbonyl (C=O) groups excluding carboxylic acids is 1. The van der Waals surface area contributed by atoms with Gasteiger partial charge in [-0.05, 0) is 44.9 Å². The van der Waals surface area contributed by atoms with E-state index in [0.717, 1.165) is 17.7 Å². The molecule has 1 amide bonds. The van der Waals surface area contributed by atoms with E-state index in [-0.39, 0.29) is 17.5 Å². The molecule has 0 aliphatic heterocycles. The lowest BCUT2D eigenvalue weighted by molar-refractivity contribution is -0.124. The minimum absolute atomic E-state index is 0.0275. The predicted molar refractivity (Wildman–Crippen MR) is 81.8 cm³/mol. The van der Waals surface area contributed by atoms with Crippen LogP contribution in [0.5, 0.6) is 5.75 Å². The van der Waals surface area contributed by atoms with Gasteiger partial charge in [0.25, 0.3) is 0 Å². The Kier molecular flexibility index (Phi) is 6.02. The zero-order valence-corrected chi connectivity index (χ0v) is 13.1. The van der Waals surface area contributed by atoms with Crippen LogP contribution in [-0.4, -0.2) is 24.6 Å². The highest BCUT2D eigenvalue weighted by molar-refractivity contribution is 5.81. The average molecular weight is 278 g/mol. The summed E-state index contributed by atoms with van der Waals surface area (Å²) >= 11 is 0. The van der Waals surface area contributed by atoms with Gasteiger partial charge in [-0.2, -0.15) is 0 Å². The molecule has 0 spiro atoms. The van der Waals surface area contributed by atoms with Gasteiger partial charge in [-0.1, -0.05) is 19.1 Å². The molecule has 0 heterocycles. The zero-order valence-electron chi connectivity index (χ0n) is 13.1. The summed E-state index contributed by atoms with van der Waals surface area (Å²) < 4.78 is 5.18. The van der Waals surface area contributed by atoms with Crippen molar-refractivity contribution in [1.29, 1.82) is 0 Å². The van der Waals surface area contributed by atoms with E-state index in [9.17, 15) is 4.79 Å². The molecule has 0 aliphatic rings. The molecule has 1 aromatic carbocycles. The van der Waals surface area contributed by atoms with Crippen LogP contribution in [0.25, 0.3) is 0 Å². The third-order valence-corrected chi connectivity index (χ3v) is 3.49. The third kappa shape index (κ3) is 5.21. The number of hydrogen-bond donors (Lipinski definition) is 2. The summed E-state index contributed by atoms with van der Waals surface area (Å²) in [5, 5.41) is 6.27. The fraction of sp³-hybridized carbons (Fsp3) is 0.562. The van der Waals surface area contributed by atoms with Crippen molar-refractivity contribution in [2.75, 3.05) is 7.11 Å². The molecule has 4 heteroatoms. The van der Waals surface area contributed by atoms with E-state index in [2.05, 4.69) is 17.6 Å². The van der Waals surface area contributed by atoms with Crippen LogP contribution in [0.4, 0.5) is 0 Å². The smallest absolute Gasteiger partial charge is 0.237 e. The molecule has 1 unspecified atom stereocenters.